The molecule has 2 aromatic carbocycles. The zero-order valence-electron chi connectivity index (χ0n) is 14.6. The average Bonchev–Trinajstić information content (AvgIpc) is 2.70. The van der Waals surface area contributed by atoms with E-state index in [0.29, 0.717) is 11.8 Å². The van der Waals surface area contributed by atoms with Gasteiger partial charge in [-0.25, -0.2) is 18.2 Å². The lowest BCUT2D eigenvalue weighted by Gasteiger charge is -2.09. The number of hydrogen-bond acceptors (Lipinski definition) is 3. The lowest BCUT2D eigenvalue weighted by Crippen LogP contribution is -2.19. The molecule has 0 radical (unpaired) electrons. The van der Waals surface area contributed by atoms with E-state index in [0.717, 1.165) is 11.6 Å². The predicted molar refractivity (Wildman–Crippen MR) is 97.6 cm³/mol. The molecular formula is C20H14F3N3O2. The third kappa shape index (κ3) is 4.01. The van der Waals surface area contributed by atoms with Crippen molar-refractivity contribution in [1.29, 1.82) is 0 Å². The van der Waals surface area contributed by atoms with Gasteiger partial charge in [0.05, 0.1) is 5.69 Å². The van der Waals surface area contributed by atoms with E-state index in [4.69, 9.17) is 0 Å². The third-order valence-electron chi connectivity index (χ3n) is 3.89. The smallest absolute Gasteiger partial charge is 0.274 e. The van der Waals surface area contributed by atoms with Crippen LogP contribution in [0, 0.1) is 24.4 Å². The summed E-state index contributed by atoms with van der Waals surface area (Å²) in [6.07, 6.45) is 0. The first-order valence-electron chi connectivity index (χ1n) is 8.15. The van der Waals surface area contributed by atoms with Gasteiger partial charge in [-0.15, -0.1) is 0 Å². The van der Waals surface area contributed by atoms with Gasteiger partial charge in [-0.2, -0.15) is 0 Å². The normalized spacial score (nSPS) is 10.4. The number of nitrogens with one attached hydrogen (secondary N) is 2. The van der Waals surface area contributed by atoms with Crippen LogP contribution in [-0.2, 0) is 0 Å². The lowest BCUT2D eigenvalue weighted by atomic mass is 10.2. The number of amides is 2. The van der Waals surface area contributed by atoms with Crippen LogP contribution < -0.4 is 10.6 Å². The quantitative estimate of drug-likeness (QED) is 0.658. The number of pyridine rings is 1. The maximum absolute atomic E-state index is 13.7. The molecule has 0 atom stereocenters. The summed E-state index contributed by atoms with van der Waals surface area (Å²) < 4.78 is 40.0. The summed E-state index contributed by atoms with van der Waals surface area (Å²) in [5.74, 6) is -6.01. The van der Waals surface area contributed by atoms with Crippen molar-refractivity contribution in [2.24, 2.45) is 0 Å². The van der Waals surface area contributed by atoms with E-state index in [1.54, 1.807) is 12.1 Å². The van der Waals surface area contributed by atoms with Crippen molar-refractivity contribution in [3.8, 4) is 0 Å². The first-order chi connectivity index (χ1) is 13.4. The maximum atomic E-state index is 13.7. The molecular weight excluding hydrogens is 371 g/mol. The monoisotopic (exact) mass is 385 g/mol. The molecule has 3 rings (SSSR count). The van der Waals surface area contributed by atoms with E-state index in [9.17, 15) is 22.8 Å². The minimum Gasteiger partial charge on any atom is -0.320 e. The summed E-state index contributed by atoms with van der Waals surface area (Å²) in [5, 5.41) is 4.79. The fraction of sp³-hybridized carbons (Fsp3) is 0.0500. The number of carbonyl (C=O) groups is 2. The van der Waals surface area contributed by atoms with E-state index in [-0.39, 0.29) is 11.4 Å². The molecule has 0 aliphatic heterocycles. The molecule has 2 amide bonds. The maximum Gasteiger partial charge on any atom is 0.274 e. The molecule has 28 heavy (non-hydrogen) atoms. The van der Waals surface area contributed by atoms with Crippen molar-refractivity contribution < 1.29 is 22.8 Å². The average molecular weight is 385 g/mol. The zero-order chi connectivity index (χ0) is 20.3. The second-order valence-corrected chi connectivity index (χ2v) is 5.85. The largest absolute Gasteiger partial charge is 0.320 e. The third-order valence-corrected chi connectivity index (χ3v) is 3.89. The van der Waals surface area contributed by atoms with E-state index >= 15 is 0 Å². The van der Waals surface area contributed by atoms with Crippen molar-refractivity contribution in [2.75, 3.05) is 10.6 Å². The van der Waals surface area contributed by atoms with E-state index < -0.39 is 35.0 Å². The number of rotatable bonds is 4. The van der Waals surface area contributed by atoms with Gasteiger partial charge < -0.3 is 10.6 Å². The Morgan fingerprint density at radius 3 is 2.00 bits per heavy atom. The number of para-hydroxylation sites is 1. The molecule has 1 aromatic heterocycles. The van der Waals surface area contributed by atoms with Gasteiger partial charge in [0.2, 0.25) is 0 Å². The topological polar surface area (TPSA) is 71.1 Å². The predicted octanol–water partition coefficient (Wildman–Crippen LogP) is 4.31. The summed E-state index contributed by atoms with van der Waals surface area (Å²) in [4.78, 5) is 28.6. The number of hydrogen-bond donors (Lipinski definition) is 2. The first kappa shape index (κ1) is 19.1. The van der Waals surface area contributed by atoms with E-state index in [2.05, 4.69) is 15.6 Å². The number of anilines is 2. The lowest BCUT2D eigenvalue weighted by molar-refractivity contribution is 0.101. The van der Waals surface area contributed by atoms with Crippen LogP contribution in [0.1, 0.15) is 26.5 Å². The summed E-state index contributed by atoms with van der Waals surface area (Å²) in [6.45, 7) is 1.82. The second-order valence-electron chi connectivity index (χ2n) is 5.85. The Hall–Kier alpha value is -3.68. The highest BCUT2D eigenvalue weighted by Crippen LogP contribution is 2.20. The number of aromatic nitrogens is 1. The van der Waals surface area contributed by atoms with E-state index in [1.807, 2.05) is 19.1 Å². The summed E-state index contributed by atoms with van der Waals surface area (Å²) in [7, 11) is 0. The summed E-state index contributed by atoms with van der Waals surface area (Å²) in [6, 6.07) is 12.8. The van der Waals surface area contributed by atoms with Gasteiger partial charge in [0, 0.05) is 5.69 Å². The molecule has 0 saturated heterocycles. The van der Waals surface area contributed by atoms with Crippen LogP contribution in [0.5, 0.6) is 0 Å². The van der Waals surface area contributed by atoms with Gasteiger partial charge in [0.25, 0.3) is 11.8 Å². The Morgan fingerprint density at radius 1 is 0.750 bits per heavy atom. The number of aryl methyl sites for hydroxylation is 1. The Kier molecular flexibility index (Phi) is 5.39. The fourth-order valence-electron chi connectivity index (χ4n) is 2.40. The Labute approximate surface area is 158 Å². The van der Waals surface area contributed by atoms with Crippen LogP contribution in [0.2, 0.25) is 0 Å². The molecule has 0 unspecified atom stereocenters. The Morgan fingerprint density at radius 2 is 1.36 bits per heavy atom. The minimum absolute atomic E-state index is 0.0401. The highest BCUT2D eigenvalue weighted by Gasteiger charge is 2.18. The first-order valence-corrected chi connectivity index (χ1v) is 8.15. The number of halogens is 3. The van der Waals surface area contributed by atoms with Crippen molar-refractivity contribution in [1.82, 2.24) is 4.98 Å². The van der Waals surface area contributed by atoms with Gasteiger partial charge in [0.15, 0.2) is 17.5 Å². The molecule has 5 nitrogen and oxygen atoms in total. The SMILES string of the molecule is Cc1ccccc1NC(=O)c1cccc(C(=O)Nc2ccc(F)c(F)c2F)n1. The van der Waals surface area contributed by atoms with Crippen LogP contribution in [-0.4, -0.2) is 16.8 Å². The minimum atomic E-state index is -1.70. The molecule has 0 spiro atoms. The number of nitrogens with zero attached hydrogens (tertiary/aromatic N) is 1. The van der Waals surface area contributed by atoms with Crippen molar-refractivity contribution in [3.05, 3.63) is 89.0 Å². The Bertz CT molecular complexity index is 1070. The molecule has 0 aliphatic rings. The van der Waals surface area contributed by atoms with Crippen LogP contribution in [0.25, 0.3) is 0 Å². The Balaban J connectivity index is 1.79. The van der Waals surface area contributed by atoms with Gasteiger partial charge in [0.1, 0.15) is 11.4 Å². The van der Waals surface area contributed by atoms with Gasteiger partial charge >= 0.3 is 0 Å². The van der Waals surface area contributed by atoms with Gasteiger partial charge in [-0.1, -0.05) is 24.3 Å². The van der Waals surface area contributed by atoms with Crippen molar-refractivity contribution >= 4 is 23.2 Å². The van der Waals surface area contributed by atoms with Crippen molar-refractivity contribution in [3.63, 3.8) is 0 Å². The van der Waals surface area contributed by atoms with Gasteiger partial charge in [-0.05, 0) is 42.8 Å². The van der Waals surface area contributed by atoms with E-state index in [1.165, 1.54) is 18.2 Å². The zero-order valence-corrected chi connectivity index (χ0v) is 14.6. The van der Waals surface area contributed by atoms with Crippen LogP contribution in [0.4, 0.5) is 24.5 Å². The summed E-state index contributed by atoms with van der Waals surface area (Å²) >= 11 is 0. The molecule has 0 fully saturated rings. The summed E-state index contributed by atoms with van der Waals surface area (Å²) in [5.41, 5.74) is 0.662. The van der Waals surface area contributed by atoms with Gasteiger partial charge in [-0.3, -0.25) is 9.59 Å². The highest BCUT2D eigenvalue weighted by atomic mass is 19.2. The highest BCUT2D eigenvalue weighted by molar-refractivity contribution is 6.06. The van der Waals surface area contributed by atoms with Crippen LogP contribution in [0.3, 0.4) is 0 Å². The van der Waals surface area contributed by atoms with Crippen molar-refractivity contribution in [2.45, 2.75) is 6.92 Å². The molecule has 142 valence electrons. The molecule has 8 heteroatoms. The molecule has 3 aromatic rings. The molecule has 0 bridgehead atoms. The second kappa shape index (κ2) is 7.91. The molecule has 0 aliphatic carbocycles. The molecule has 2 N–H and O–H groups in total. The molecule has 1 heterocycles. The number of carbonyl (C=O) groups excluding carboxylic acids is 2. The van der Waals surface area contributed by atoms with Crippen LogP contribution >= 0.6 is 0 Å². The number of benzene rings is 2. The fourth-order valence-corrected chi connectivity index (χ4v) is 2.40. The van der Waals surface area contributed by atoms with Crippen LogP contribution in [0.15, 0.2) is 54.6 Å². The standard InChI is InChI=1S/C20H14F3N3O2/c1-11-5-2-3-6-13(11)25-19(27)15-7-4-8-16(24-15)20(28)26-14-10-9-12(21)17(22)18(14)23/h2-10H,1H3,(H,25,27)(H,26,28). The molecule has 0 saturated carbocycles.